The van der Waals surface area contributed by atoms with Crippen LogP contribution >= 0.6 is 46.0 Å². The Labute approximate surface area is 163 Å². The first-order valence-electron chi connectivity index (χ1n) is 7.34. The van der Waals surface area contributed by atoms with Crippen LogP contribution in [-0.4, -0.2) is 33.8 Å². The molecule has 0 spiro atoms. The Bertz CT molecular complexity index is 838. The summed E-state index contributed by atoms with van der Waals surface area (Å²) >= 11 is 10.4. The molecule has 0 radical (unpaired) electrons. The molecule has 2 heterocycles. The second-order valence-corrected chi connectivity index (χ2v) is 8.60. The van der Waals surface area contributed by atoms with E-state index < -0.39 is 0 Å². The zero-order valence-electron chi connectivity index (χ0n) is 13.3. The van der Waals surface area contributed by atoms with E-state index in [1.807, 2.05) is 42.8 Å². The van der Waals surface area contributed by atoms with E-state index in [1.165, 1.54) is 23.1 Å². The van der Waals surface area contributed by atoms with E-state index in [1.54, 1.807) is 16.2 Å². The number of thiophene rings is 1. The Morgan fingerprint density at radius 1 is 1.36 bits per heavy atom. The number of benzene rings is 1. The van der Waals surface area contributed by atoms with Crippen LogP contribution in [0.25, 0.3) is 0 Å². The molecule has 2 aromatic heterocycles. The fourth-order valence-corrected chi connectivity index (χ4v) is 4.55. The van der Waals surface area contributed by atoms with E-state index in [9.17, 15) is 4.79 Å². The number of aromatic nitrogens is 2. The first-order valence-corrected chi connectivity index (χ1v) is 10.5. The lowest BCUT2D eigenvalue weighted by molar-refractivity contribution is -0.127. The van der Waals surface area contributed by atoms with Crippen molar-refractivity contribution >= 4 is 62.8 Å². The number of hydrogen-bond donors (Lipinski definition) is 1. The first-order chi connectivity index (χ1) is 12.1. The minimum absolute atomic E-state index is 0.0655. The average molecular weight is 411 g/mol. The molecule has 25 heavy (non-hydrogen) atoms. The lowest BCUT2D eigenvalue weighted by Crippen LogP contribution is -2.27. The first kappa shape index (κ1) is 18.2. The topological polar surface area (TPSA) is 58.1 Å². The number of anilines is 2. The van der Waals surface area contributed by atoms with Gasteiger partial charge in [-0.1, -0.05) is 40.8 Å². The third-order valence-electron chi connectivity index (χ3n) is 3.23. The van der Waals surface area contributed by atoms with Gasteiger partial charge in [0, 0.05) is 24.3 Å². The van der Waals surface area contributed by atoms with Gasteiger partial charge >= 0.3 is 0 Å². The summed E-state index contributed by atoms with van der Waals surface area (Å²) in [7, 11) is 1.81. The molecule has 3 aromatic rings. The molecule has 0 unspecified atom stereocenters. The van der Waals surface area contributed by atoms with Gasteiger partial charge in [0.25, 0.3) is 0 Å². The van der Waals surface area contributed by atoms with Gasteiger partial charge in [0.2, 0.25) is 11.0 Å². The van der Waals surface area contributed by atoms with E-state index in [2.05, 4.69) is 20.9 Å². The predicted octanol–water partition coefficient (Wildman–Crippen LogP) is 4.75. The summed E-state index contributed by atoms with van der Waals surface area (Å²) in [5.74, 6) is 0.405. The molecule has 0 fully saturated rings. The lowest BCUT2D eigenvalue weighted by atomic mass is 10.3. The van der Waals surface area contributed by atoms with Crippen molar-refractivity contribution in [2.45, 2.75) is 10.9 Å². The van der Waals surface area contributed by atoms with Crippen LogP contribution < -0.4 is 5.32 Å². The molecule has 5 nitrogen and oxygen atoms in total. The minimum Gasteiger partial charge on any atom is -0.341 e. The Kier molecular flexibility index (Phi) is 6.30. The van der Waals surface area contributed by atoms with Crippen molar-refractivity contribution in [2.75, 3.05) is 18.1 Å². The number of rotatable bonds is 7. The summed E-state index contributed by atoms with van der Waals surface area (Å²) < 4.78 is 0.752. The maximum absolute atomic E-state index is 12.2. The Hall–Kier alpha value is -1.61. The highest BCUT2D eigenvalue weighted by molar-refractivity contribution is 8.01. The smallest absolute Gasteiger partial charge is 0.233 e. The number of carbonyl (C=O) groups excluding carboxylic acids is 1. The van der Waals surface area contributed by atoms with Crippen LogP contribution in [-0.2, 0) is 11.3 Å². The van der Waals surface area contributed by atoms with Crippen LogP contribution in [0.1, 0.15) is 5.56 Å². The van der Waals surface area contributed by atoms with Gasteiger partial charge in [-0.05, 0) is 40.6 Å². The van der Waals surface area contributed by atoms with Gasteiger partial charge in [-0.2, -0.15) is 11.3 Å². The maximum Gasteiger partial charge on any atom is 0.233 e. The Morgan fingerprint density at radius 2 is 2.24 bits per heavy atom. The van der Waals surface area contributed by atoms with E-state index in [0.29, 0.717) is 22.5 Å². The van der Waals surface area contributed by atoms with Gasteiger partial charge in [-0.3, -0.25) is 4.79 Å². The van der Waals surface area contributed by atoms with Crippen molar-refractivity contribution in [1.82, 2.24) is 15.1 Å². The van der Waals surface area contributed by atoms with Crippen molar-refractivity contribution in [2.24, 2.45) is 0 Å². The number of halogens is 1. The third kappa shape index (κ3) is 5.43. The summed E-state index contributed by atoms with van der Waals surface area (Å²) in [6.07, 6.45) is 0. The molecule has 0 aliphatic rings. The summed E-state index contributed by atoms with van der Waals surface area (Å²) in [5.41, 5.74) is 2.00. The molecule has 0 saturated carbocycles. The highest BCUT2D eigenvalue weighted by Crippen LogP contribution is 2.28. The molecule has 0 saturated heterocycles. The number of amides is 1. The molecule has 0 bridgehead atoms. The number of nitrogens with zero attached hydrogens (tertiary/aromatic N) is 3. The van der Waals surface area contributed by atoms with Gasteiger partial charge in [-0.15, -0.1) is 10.2 Å². The van der Waals surface area contributed by atoms with Gasteiger partial charge in [0.05, 0.1) is 5.75 Å². The summed E-state index contributed by atoms with van der Waals surface area (Å²) in [5, 5.41) is 16.8. The van der Waals surface area contributed by atoms with Gasteiger partial charge in [0.15, 0.2) is 4.34 Å². The molecule has 1 N–H and O–H groups in total. The minimum atomic E-state index is 0.0655. The van der Waals surface area contributed by atoms with Crippen molar-refractivity contribution in [3.63, 3.8) is 0 Å². The number of thioether (sulfide) groups is 1. The number of hydrogen-bond acceptors (Lipinski definition) is 7. The molecule has 0 atom stereocenters. The summed E-state index contributed by atoms with van der Waals surface area (Å²) in [6, 6.07) is 9.43. The number of nitrogens with one attached hydrogen (secondary N) is 1. The highest BCUT2D eigenvalue weighted by atomic mass is 35.5. The molecule has 0 aliphatic heterocycles. The van der Waals surface area contributed by atoms with Crippen molar-refractivity contribution < 1.29 is 4.79 Å². The monoisotopic (exact) mass is 410 g/mol. The van der Waals surface area contributed by atoms with Crippen molar-refractivity contribution in [1.29, 1.82) is 0 Å². The lowest BCUT2D eigenvalue weighted by Gasteiger charge is -2.15. The molecule has 9 heteroatoms. The van der Waals surface area contributed by atoms with Crippen LogP contribution in [0.5, 0.6) is 0 Å². The number of carbonyl (C=O) groups is 1. The van der Waals surface area contributed by atoms with Gasteiger partial charge in [-0.25, -0.2) is 0 Å². The summed E-state index contributed by atoms with van der Waals surface area (Å²) in [6.45, 7) is 0.626. The van der Waals surface area contributed by atoms with E-state index in [-0.39, 0.29) is 5.91 Å². The fraction of sp³-hybridized carbons (Fsp3) is 0.188. The van der Waals surface area contributed by atoms with Crippen LogP contribution in [0.2, 0.25) is 5.02 Å². The van der Waals surface area contributed by atoms with E-state index >= 15 is 0 Å². The maximum atomic E-state index is 12.2. The fourth-order valence-electron chi connectivity index (χ4n) is 1.99. The normalized spacial score (nSPS) is 10.6. The predicted molar refractivity (Wildman–Crippen MR) is 106 cm³/mol. The molecular formula is C16H15ClN4OS3. The van der Waals surface area contributed by atoms with E-state index in [4.69, 9.17) is 11.6 Å². The van der Waals surface area contributed by atoms with Gasteiger partial charge in [0.1, 0.15) is 0 Å². The Balaban J connectivity index is 1.50. The van der Waals surface area contributed by atoms with Crippen LogP contribution in [0.3, 0.4) is 0 Å². The second-order valence-electron chi connectivity index (χ2n) is 5.18. The molecule has 130 valence electrons. The highest BCUT2D eigenvalue weighted by Gasteiger charge is 2.12. The van der Waals surface area contributed by atoms with Crippen LogP contribution in [0.15, 0.2) is 45.4 Å². The van der Waals surface area contributed by atoms with Crippen molar-refractivity contribution in [3.8, 4) is 0 Å². The van der Waals surface area contributed by atoms with Crippen LogP contribution in [0.4, 0.5) is 10.8 Å². The van der Waals surface area contributed by atoms with E-state index in [0.717, 1.165) is 15.6 Å². The van der Waals surface area contributed by atoms with Crippen LogP contribution in [0, 0.1) is 0 Å². The van der Waals surface area contributed by atoms with Gasteiger partial charge < -0.3 is 10.2 Å². The SMILES string of the molecule is CN(Cc1ccsc1)C(=O)CSc1nnc(Nc2cccc(Cl)c2)s1. The quantitative estimate of drug-likeness (QED) is 0.569. The molecule has 1 amide bonds. The van der Waals surface area contributed by atoms with Crippen molar-refractivity contribution in [3.05, 3.63) is 51.7 Å². The zero-order valence-corrected chi connectivity index (χ0v) is 16.5. The zero-order chi connectivity index (χ0) is 17.6. The second kappa shape index (κ2) is 8.66. The third-order valence-corrected chi connectivity index (χ3v) is 6.15. The molecule has 1 aromatic carbocycles. The average Bonchev–Trinajstić information content (AvgIpc) is 3.24. The summed E-state index contributed by atoms with van der Waals surface area (Å²) in [4.78, 5) is 13.9. The Morgan fingerprint density at radius 3 is 3.00 bits per heavy atom. The molecular weight excluding hydrogens is 396 g/mol. The molecule has 0 aliphatic carbocycles. The molecule has 3 rings (SSSR count). The standard InChI is InChI=1S/C16H15ClN4OS3/c1-21(8-11-5-6-23-9-11)14(22)10-24-16-20-19-15(25-16)18-13-4-2-3-12(17)7-13/h2-7,9H,8,10H2,1H3,(H,18,19). The largest absolute Gasteiger partial charge is 0.341 e.